The number of piperidine rings is 1. The van der Waals surface area contributed by atoms with Crippen LogP contribution in [0, 0.1) is 5.92 Å². The predicted octanol–water partition coefficient (Wildman–Crippen LogP) is 3.77. The topological polar surface area (TPSA) is 120 Å². The van der Waals surface area contributed by atoms with E-state index in [0.29, 0.717) is 30.8 Å². The molecule has 1 amide bonds. The van der Waals surface area contributed by atoms with E-state index in [4.69, 9.17) is 22.1 Å². The van der Waals surface area contributed by atoms with Gasteiger partial charge in [-0.15, -0.1) is 0 Å². The molecule has 9 heteroatoms. The zero-order chi connectivity index (χ0) is 25.5. The third kappa shape index (κ3) is 7.41. The Morgan fingerprint density at radius 1 is 1.35 bits per heavy atom. The second-order valence-electron chi connectivity index (χ2n) is 8.77. The average Bonchev–Trinajstić information content (AvgIpc) is 2.79. The molecule has 2 rings (SSSR count). The fraction of sp³-hybridized carbons (Fsp3) is 0.480. The lowest BCUT2D eigenvalue weighted by Crippen LogP contribution is -2.44. The zero-order valence-corrected chi connectivity index (χ0v) is 21.2. The summed E-state index contributed by atoms with van der Waals surface area (Å²) in [6.07, 6.45) is 3.21. The minimum atomic E-state index is -1.64. The molecule has 0 saturated carbocycles. The van der Waals surface area contributed by atoms with E-state index < -0.39 is 5.79 Å². The Morgan fingerprint density at radius 2 is 2.00 bits per heavy atom. The number of nitrogens with one attached hydrogen (secondary N) is 2. The first-order valence-corrected chi connectivity index (χ1v) is 11.9. The number of nitrogens with zero attached hydrogens (tertiary/aromatic N) is 1. The molecular weight excluding hydrogens is 456 g/mol. The highest BCUT2D eigenvalue weighted by Gasteiger charge is 2.30. The maximum atomic E-state index is 13.0. The molecule has 0 aliphatic carbocycles. The van der Waals surface area contributed by atoms with Crippen LogP contribution < -0.4 is 26.0 Å². The summed E-state index contributed by atoms with van der Waals surface area (Å²) >= 11 is 5.99. The molecule has 1 aliphatic heterocycles. The molecule has 0 radical (unpaired) electrons. The molecule has 0 aromatic heterocycles. The lowest BCUT2D eigenvalue weighted by atomic mass is 9.99. The number of carbonyl (C=O) groups excluding carboxylic acids is 1. The van der Waals surface area contributed by atoms with Crippen molar-refractivity contribution in [3.05, 3.63) is 53.0 Å². The maximum absolute atomic E-state index is 13.0. The Balaban J connectivity index is 2.38. The van der Waals surface area contributed by atoms with E-state index in [-0.39, 0.29) is 35.4 Å². The fourth-order valence-electron chi connectivity index (χ4n) is 3.77. The third-order valence-electron chi connectivity index (χ3n) is 5.68. The van der Waals surface area contributed by atoms with Crippen LogP contribution in [0.5, 0.6) is 5.75 Å². The molecule has 0 atom stereocenters. The highest BCUT2D eigenvalue weighted by atomic mass is 35.5. The minimum absolute atomic E-state index is 0.0427. The van der Waals surface area contributed by atoms with Crippen LogP contribution >= 0.6 is 11.6 Å². The molecule has 6 N–H and O–H groups in total. The molecule has 8 nitrogen and oxygen atoms in total. The number of rotatable bonds is 10. The smallest absolute Gasteiger partial charge is 0.252 e. The van der Waals surface area contributed by atoms with Gasteiger partial charge in [-0.25, -0.2) is 0 Å². The summed E-state index contributed by atoms with van der Waals surface area (Å²) < 4.78 is 5.55. The van der Waals surface area contributed by atoms with E-state index in [1.807, 2.05) is 39.0 Å². The van der Waals surface area contributed by atoms with Gasteiger partial charge in [-0.05, 0) is 30.5 Å². The summed E-state index contributed by atoms with van der Waals surface area (Å²) in [7, 11) is 1.61. The number of halogens is 1. The first-order valence-electron chi connectivity index (χ1n) is 11.5. The van der Waals surface area contributed by atoms with Crippen molar-refractivity contribution in [2.24, 2.45) is 11.7 Å². The second kappa shape index (κ2) is 12.1. The van der Waals surface area contributed by atoms with Crippen LogP contribution in [-0.2, 0) is 4.79 Å². The number of hydrogen-bond acceptors (Lipinski definition) is 7. The minimum Gasteiger partial charge on any atom is -0.495 e. The van der Waals surface area contributed by atoms with Gasteiger partial charge in [0.1, 0.15) is 5.75 Å². The number of hydrogen-bond donors (Lipinski definition) is 5. The summed E-state index contributed by atoms with van der Waals surface area (Å²) in [5.74, 6) is -1.16. The molecule has 1 fully saturated rings. The molecule has 188 valence electrons. The number of carbonyl (C=O) groups is 1. The fourth-order valence-corrected chi connectivity index (χ4v) is 3.83. The summed E-state index contributed by atoms with van der Waals surface area (Å²) in [6.45, 7) is 10.6. The van der Waals surface area contributed by atoms with Crippen LogP contribution in [0.3, 0.4) is 0 Å². The van der Waals surface area contributed by atoms with Gasteiger partial charge in [0.15, 0.2) is 5.79 Å². The first-order chi connectivity index (χ1) is 16.0. The van der Waals surface area contributed by atoms with E-state index in [2.05, 4.69) is 22.1 Å². The average molecular weight is 493 g/mol. The van der Waals surface area contributed by atoms with E-state index in [0.717, 1.165) is 23.5 Å². The van der Waals surface area contributed by atoms with Crippen LogP contribution in [0.1, 0.15) is 46.5 Å². The zero-order valence-electron chi connectivity index (χ0n) is 20.4. The first kappa shape index (κ1) is 27.6. The van der Waals surface area contributed by atoms with Gasteiger partial charge >= 0.3 is 0 Å². The van der Waals surface area contributed by atoms with E-state index in [9.17, 15) is 15.0 Å². The van der Waals surface area contributed by atoms with Crippen molar-refractivity contribution in [2.45, 2.75) is 52.2 Å². The Hall–Kier alpha value is -2.68. The molecule has 1 aromatic rings. The van der Waals surface area contributed by atoms with Crippen molar-refractivity contribution in [1.29, 1.82) is 0 Å². The van der Waals surface area contributed by atoms with E-state index >= 15 is 0 Å². The Bertz CT molecular complexity index is 946. The van der Waals surface area contributed by atoms with Crippen molar-refractivity contribution < 1.29 is 19.7 Å². The van der Waals surface area contributed by atoms with Crippen LogP contribution in [0.4, 0.5) is 11.4 Å². The number of methoxy groups -OCH3 is 1. The van der Waals surface area contributed by atoms with Gasteiger partial charge in [-0.2, -0.15) is 0 Å². The number of allylic oxidation sites excluding steroid dienone is 2. The van der Waals surface area contributed by atoms with Gasteiger partial charge in [-0.3, -0.25) is 4.79 Å². The van der Waals surface area contributed by atoms with Crippen molar-refractivity contribution >= 4 is 28.9 Å². The third-order valence-corrected chi connectivity index (χ3v) is 6.03. The summed E-state index contributed by atoms with van der Waals surface area (Å²) in [6, 6.07) is 5.72. The van der Waals surface area contributed by atoms with Crippen molar-refractivity contribution in [1.82, 2.24) is 5.32 Å². The molecule has 34 heavy (non-hydrogen) atoms. The molecule has 0 spiro atoms. The summed E-state index contributed by atoms with van der Waals surface area (Å²) in [5, 5.41) is 26.1. The SMILES string of the molecule is C=C(N)/C(Cl)=C/NC(=O)/C(CCC)=C(\Nc1ccc(OC)c(N2CCC(O)(O)CC2)c1)C(C)C. The number of aliphatic hydroxyl groups is 2. The molecule has 1 heterocycles. The van der Waals surface area contributed by atoms with Crippen LogP contribution in [0.2, 0.25) is 0 Å². The lowest BCUT2D eigenvalue weighted by molar-refractivity contribution is -0.172. The van der Waals surface area contributed by atoms with Crippen LogP contribution in [0.15, 0.2) is 53.0 Å². The van der Waals surface area contributed by atoms with Crippen LogP contribution in [-0.4, -0.2) is 42.1 Å². The number of amides is 1. The number of nitrogens with two attached hydrogens (primary N) is 1. The molecule has 1 aliphatic rings. The number of anilines is 2. The number of benzene rings is 1. The quantitative estimate of drug-likeness (QED) is 0.191. The van der Waals surface area contributed by atoms with Crippen molar-refractivity contribution in [3.8, 4) is 5.75 Å². The Morgan fingerprint density at radius 3 is 2.53 bits per heavy atom. The van der Waals surface area contributed by atoms with Gasteiger partial charge < -0.3 is 36.2 Å². The Kier molecular flexibility index (Phi) is 9.85. The summed E-state index contributed by atoms with van der Waals surface area (Å²) in [4.78, 5) is 15.1. The highest BCUT2D eigenvalue weighted by Crippen LogP contribution is 2.35. The lowest BCUT2D eigenvalue weighted by Gasteiger charge is -2.36. The monoisotopic (exact) mass is 492 g/mol. The normalized spacial score (nSPS) is 16.7. The maximum Gasteiger partial charge on any atom is 0.252 e. The molecular formula is C25H37ClN4O4. The standard InChI is InChI=1S/C25H37ClN4O4/c1-6-7-19(24(31)28-15-20(26)17(4)27)23(16(2)3)29-18-8-9-22(34-5)21(14-18)30-12-10-25(32,33)11-13-30/h8-9,14-16,29,32-33H,4,6-7,10-13,27H2,1-3,5H3,(H,28,31)/b20-15-,23-19-. The molecule has 1 saturated heterocycles. The van der Waals surface area contributed by atoms with Gasteiger partial charge in [0.25, 0.3) is 5.91 Å². The van der Waals surface area contributed by atoms with Gasteiger partial charge in [-0.1, -0.05) is 45.4 Å². The molecule has 1 aromatic carbocycles. The molecule has 0 bridgehead atoms. The highest BCUT2D eigenvalue weighted by molar-refractivity contribution is 6.31. The van der Waals surface area contributed by atoms with Crippen molar-refractivity contribution in [2.75, 3.05) is 30.4 Å². The second-order valence-corrected chi connectivity index (χ2v) is 9.18. The molecule has 0 unspecified atom stereocenters. The summed E-state index contributed by atoms with van der Waals surface area (Å²) in [5.41, 5.74) is 8.82. The van der Waals surface area contributed by atoms with Gasteiger partial charge in [0.2, 0.25) is 0 Å². The number of ether oxygens (including phenoxy) is 1. The van der Waals surface area contributed by atoms with Gasteiger partial charge in [0, 0.05) is 54.8 Å². The van der Waals surface area contributed by atoms with E-state index in [1.54, 1.807) is 7.11 Å². The van der Waals surface area contributed by atoms with E-state index in [1.165, 1.54) is 6.20 Å². The van der Waals surface area contributed by atoms with Gasteiger partial charge in [0.05, 0.1) is 17.8 Å². The van der Waals surface area contributed by atoms with Crippen molar-refractivity contribution in [3.63, 3.8) is 0 Å². The largest absolute Gasteiger partial charge is 0.495 e. The predicted molar refractivity (Wildman–Crippen MR) is 137 cm³/mol. The van der Waals surface area contributed by atoms with Crippen LogP contribution in [0.25, 0.3) is 0 Å². The Labute approximate surface area is 207 Å².